The number of carbonyl (C=O) groups is 1. The number of sulfone groups is 1. The number of carbonyl (C=O) groups excluding carboxylic acids is 1. The fraction of sp³-hybridized carbons (Fsp3) is 0.478. The molecule has 1 heterocycles. The average molecular weight is 433 g/mol. The molecule has 1 aromatic carbocycles. The Bertz CT molecular complexity index is 1100. The fourth-order valence-corrected chi connectivity index (χ4v) is 4.57. The van der Waals surface area contributed by atoms with Crippen LogP contribution in [0, 0.1) is 13.8 Å². The largest absolute Gasteiger partial charge is 0.481 e. The molecule has 0 unspecified atom stereocenters. The lowest BCUT2D eigenvalue weighted by Gasteiger charge is -2.17. The molecule has 0 saturated carbocycles. The normalized spacial score (nSPS) is 11.5. The van der Waals surface area contributed by atoms with Gasteiger partial charge >= 0.3 is 0 Å². The summed E-state index contributed by atoms with van der Waals surface area (Å²) in [6.45, 7) is 12.1. The van der Waals surface area contributed by atoms with E-state index in [1.807, 2.05) is 20.8 Å². The van der Waals surface area contributed by atoms with Crippen molar-refractivity contribution in [1.82, 2.24) is 9.78 Å². The number of ketones is 1. The number of hydrogen-bond acceptors (Lipinski definition) is 5. The molecule has 0 fully saturated rings. The second-order valence-electron chi connectivity index (χ2n) is 7.88. The number of unbranched alkanes of at least 4 members (excludes halogenated alkanes) is 1. The molecule has 6 nitrogen and oxygen atoms in total. The summed E-state index contributed by atoms with van der Waals surface area (Å²) in [5, 5.41) is 4.50. The zero-order valence-electron chi connectivity index (χ0n) is 19.2. The van der Waals surface area contributed by atoms with Crippen molar-refractivity contribution in [3.05, 3.63) is 45.7 Å². The Kier molecular flexibility index (Phi) is 7.29. The molecule has 0 N–H and O–H groups in total. The Balaban J connectivity index is 2.75. The van der Waals surface area contributed by atoms with Crippen molar-refractivity contribution in [3.63, 3.8) is 0 Å². The van der Waals surface area contributed by atoms with Gasteiger partial charge in [-0.05, 0) is 69.9 Å². The van der Waals surface area contributed by atoms with E-state index >= 15 is 0 Å². The molecule has 0 amide bonds. The van der Waals surface area contributed by atoms with Gasteiger partial charge in [-0.2, -0.15) is 5.10 Å². The molecule has 0 saturated heterocycles. The summed E-state index contributed by atoms with van der Waals surface area (Å²) in [7, 11) is -1.92. The first-order valence-corrected chi connectivity index (χ1v) is 12.0. The highest BCUT2D eigenvalue weighted by atomic mass is 32.2. The van der Waals surface area contributed by atoms with Gasteiger partial charge in [0.15, 0.2) is 9.84 Å². The number of allylic oxidation sites excluding steroid dienone is 2. The number of methoxy groups -OCH3 is 1. The van der Waals surface area contributed by atoms with E-state index in [0.717, 1.165) is 24.0 Å². The van der Waals surface area contributed by atoms with Gasteiger partial charge in [-0.15, -0.1) is 0 Å². The molecule has 7 heteroatoms. The molecule has 164 valence electrons. The summed E-state index contributed by atoms with van der Waals surface area (Å²) in [5.74, 6) is 0.227. The number of nitrogens with zero attached hydrogens (tertiary/aromatic N) is 2. The second kappa shape index (κ2) is 9.16. The van der Waals surface area contributed by atoms with Crippen LogP contribution in [0.25, 0.3) is 5.57 Å². The van der Waals surface area contributed by atoms with Gasteiger partial charge in [0.1, 0.15) is 5.56 Å². The van der Waals surface area contributed by atoms with Crippen LogP contribution in [0.15, 0.2) is 22.6 Å². The molecule has 0 bridgehead atoms. The smallest absolute Gasteiger partial charge is 0.223 e. The van der Waals surface area contributed by atoms with Crippen LogP contribution in [-0.2, 0) is 16.4 Å². The monoisotopic (exact) mass is 432 g/mol. The van der Waals surface area contributed by atoms with Crippen molar-refractivity contribution in [2.45, 2.75) is 65.8 Å². The van der Waals surface area contributed by atoms with Gasteiger partial charge in [0.2, 0.25) is 11.7 Å². The SMILES string of the molecule is CCCCn1nc(C)c(C(=O)c2ccc(S(C)(=O)=O)c(C(C)=C(C)C)c2C)c1OC. The van der Waals surface area contributed by atoms with Crippen molar-refractivity contribution in [3.8, 4) is 5.88 Å². The van der Waals surface area contributed by atoms with E-state index in [1.165, 1.54) is 19.4 Å². The minimum Gasteiger partial charge on any atom is -0.481 e. The molecule has 1 aromatic heterocycles. The number of aromatic nitrogens is 2. The molecule has 2 aromatic rings. The Hall–Kier alpha value is -2.41. The number of hydrogen-bond donors (Lipinski definition) is 0. The quantitative estimate of drug-likeness (QED) is 0.562. The van der Waals surface area contributed by atoms with Gasteiger partial charge in [0.25, 0.3) is 0 Å². The van der Waals surface area contributed by atoms with Gasteiger partial charge in [0.05, 0.1) is 17.7 Å². The number of ether oxygens (including phenoxy) is 1. The third-order valence-electron chi connectivity index (χ3n) is 5.42. The van der Waals surface area contributed by atoms with E-state index in [2.05, 4.69) is 12.0 Å². The van der Waals surface area contributed by atoms with Crippen LogP contribution in [0.5, 0.6) is 5.88 Å². The summed E-state index contributed by atoms with van der Waals surface area (Å²) in [5.41, 5.74) is 4.56. The Morgan fingerprint density at radius 3 is 2.27 bits per heavy atom. The first kappa shape index (κ1) is 23.9. The third-order valence-corrected chi connectivity index (χ3v) is 6.56. The zero-order valence-corrected chi connectivity index (χ0v) is 20.0. The fourth-order valence-electron chi connectivity index (χ4n) is 3.58. The second-order valence-corrected chi connectivity index (χ2v) is 9.87. The van der Waals surface area contributed by atoms with Crippen LogP contribution in [-0.4, -0.2) is 37.3 Å². The van der Waals surface area contributed by atoms with Crippen LogP contribution in [0.2, 0.25) is 0 Å². The molecule has 0 spiro atoms. The van der Waals surface area contributed by atoms with E-state index in [0.29, 0.717) is 40.4 Å². The predicted molar refractivity (Wildman–Crippen MR) is 120 cm³/mol. The predicted octanol–water partition coefficient (Wildman–Crippen LogP) is 4.76. The Labute approximate surface area is 179 Å². The van der Waals surface area contributed by atoms with Crippen molar-refractivity contribution in [2.75, 3.05) is 13.4 Å². The summed E-state index contributed by atoms with van der Waals surface area (Å²) in [4.78, 5) is 13.8. The van der Waals surface area contributed by atoms with Crippen molar-refractivity contribution < 1.29 is 17.9 Å². The highest BCUT2D eigenvalue weighted by Crippen LogP contribution is 2.34. The molecular formula is C23H32N2O4S. The molecule has 30 heavy (non-hydrogen) atoms. The summed E-state index contributed by atoms with van der Waals surface area (Å²) in [6.07, 6.45) is 3.12. The van der Waals surface area contributed by atoms with Crippen LogP contribution >= 0.6 is 0 Å². The number of rotatable bonds is 8. The number of aryl methyl sites for hydroxylation is 2. The van der Waals surface area contributed by atoms with Crippen LogP contribution in [0.3, 0.4) is 0 Å². The van der Waals surface area contributed by atoms with E-state index in [1.54, 1.807) is 24.6 Å². The Morgan fingerprint density at radius 2 is 1.77 bits per heavy atom. The van der Waals surface area contributed by atoms with E-state index in [9.17, 15) is 13.2 Å². The minimum atomic E-state index is -3.46. The molecule has 2 rings (SSSR count). The maximum atomic E-state index is 13.6. The van der Waals surface area contributed by atoms with E-state index in [-0.39, 0.29) is 10.7 Å². The van der Waals surface area contributed by atoms with Gasteiger partial charge in [-0.1, -0.05) is 18.9 Å². The average Bonchev–Trinajstić information content (AvgIpc) is 2.99. The first-order chi connectivity index (χ1) is 13.9. The Morgan fingerprint density at radius 1 is 1.13 bits per heavy atom. The zero-order chi connectivity index (χ0) is 22.8. The lowest BCUT2D eigenvalue weighted by molar-refractivity contribution is 0.103. The van der Waals surface area contributed by atoms with Crippen LogP contribution in [0.4, 0.5) is 0 Å². The lowest BCUT2D eigenvalue weighted by atomic mass is 9.91. The van der Waals surface area contributed by atoms with Crippen LogP contribution in [0.1, 0.15) is 73.3 Å². The minimum absolute atomic E-state index is 0.215. The molecule has 0 atom stereocenters. The van der Waals surface area contributed by atoms with Crippen molar-refractivity contribution in [1.29, 1.82) is 0 Å². The van der Waals surface area contributed by atoms with Gasteiger partial charge in [-0.25, -0.2) is 13.1 Å². The topological polar surface area (TPSA) is 78.3 Å². The van der Waals surface area contributed by atoms with E-state index in [4.69, 9.17) is 4.74 Å². The maximum absolute atomic E-state index is 13.6. The third kappa shape index (κ3) is 4.51. The van der Waals surface area contributed by atoms with E-state index < -0.39 is 9.84 Å². The highest BCUT2D eigenvalue weighted by Gasteiger charge is 2.27. The summed E-state index contributed by atoms with van der Waals surface area (Å²) < 4.78 is 32.1. The maximum Gasteiger partial charge on any atom is 0.223 e. The molecular weight excluding hydrogens is 400 g/mol. The van der Waals surface area contributed by atoms with Crippen LogP contribution < -0.4 is 4.74 Å². The lowest BCUT2D eigenvalue weighted by Crippen LogP contribution is -2.12. The van der Waals surface area contributed by atoms with Crippen molar-refractivity contribution in [2.24, 2.45) is 0 Å². The van der Waals surface area contributed by atoms with Gasteiger partial charge < -0.3 is 4.74 Å². The van der Waals surface area contributed by atoms with Gasteiger partial charge in [-0.3, -0.25) is 4.79 Å². The molecule has 0 radical (unpaired) electrons. The van der Waals surface area contributed by atoms with Gasteiger partial charge in [0, 0.05) is 18.4 Å². The highest BCUT2D eigenvalue weighted by molar-refractivity contribution is 7.90. The standard InChI is InChI=1S/C23H32N2O4S/c1-9-10-13-25-23(29-7)21(17(6)24-25)22(26)18-11-12-19(30(8,27)28)20(16(18)5)15(4)14(2)3/h11-12H,9-10,13H2,1-8H3. The summed E-state index contributed by atoms with van der Waals surface area (Å²) >= 11 is 0. The van der Waals surface area contributed by atoms with Crippen molar-refractivity contribution >= 4 is 21.2 Å². The number of benzene rings is 1. The molecule has 0 aliphatic rings. The first-order valence-electron chi connectivity index (χ1n) is 10.1. The molecule has 0 aliphatic heterocycles. The summed E-state index contributed by atoms with van der Waals surface area (Å²) in [6, 6.07) is 3.12. The molecule has 0 aliphatic carbocycles.